The highest BCUT2D eigenvalue weighted by atomic mass is 32.2. The Morgan fingerprint density at radius 2 is 1.62 bits per heavy atom. The summed E-state index contributed by atoms with van der Waals surface area (Å²) in [5.41, 5.74) is 0.938. The molecule has 2 rings (SSSR count). The Bertz CT molecular complexity index is 1010. The highest BCUT2D eigenvalue weighted by Crippen LogP contribution is 2.21. The molecule has 1 N–H and O–H groups in total. The number of nitrogens with one attached hydrogen (secondary N) is 1. The van der Waals surface area contributed by atoms with Gasteiger partial charge in [-0.15, -0.1) is 0 Å². The summed E-state index contributed by atoms with van der Waals surface area (Å²) in [6.45, 7) is 1.36. The van der Waals surface area contributed by atoms with Gasteiger partial charge in [0.15, 0.2) is 0 Å². The van der Waals surface area contributed by atoms with Crippen molar-refractivity contribution in [2.24, 2.45) is 0 Å². The van der Waals surface area contributed by atoms with Crippen molar-refractivity contribution < 1.29 is 22.4 Å². The van der Waals surface area contributed by atoms with E-state index in [1.165, 1.54) is 38.2 Å². The molecule has 0 aliphatic rings. The van der Waals surface area contributed by atoms with Gasteiger partial charge in [-0.05, 0) is 36.2 Å². The standard InChI is InChI=1S/C22H29FN4O4S/c1-5-20(22(29)24-2)26(15-17-9-7-6-8-10-17)21(28)16-27(32(30,31)25(3)4)19-13-11-18(23)12-14-19/h6-14,20H,5,15-16H2,1-4H3,(H,24,29)/t20-/m0/s1. The summed E-state index contributed by atoms with van der Waals surface area (Å²) < 4.78 is 41.2. The zero-order chi connectivity index (χ0) is 23.9. The average molecular weight is 465 g/mol. The topological polar surface area (TPSA) is 90.0 Å². The molecule has 32 heavy (non-hydrogen) atoms. The average Bonchev–Trinajstić information content (AvgIpc) is 2.78. The molecule has 0 saturated carbocycles. The fourth-order valence-electron chi connectivity index (χ4n) is 3.19. The van der Waals surface area contributed by atoms with Crippen molar-refractivity contribution in [1.29, 1.82) is 0 Å². The minimum Gasteiger partial charge on any atom is -0.357 e. The number of halogens is 1. The smallest absolute Gasteiger partial charge is 0.304 e. The first-order valence-electron chi connectivity index (χ1n) is 10.1. The molecule has 8 nitrogen and oxygen atoms in total. The van der Waals surface area contributed by atoms with E-state index in [9.17, 15) is 22.4 Å². The molecule has 0 unspecified atom stereocenters. The van der Waals surface area contributed by atoms with Crippen LogP contribution in [-0.2, 0) is 26.3 Å². The van der Waals surface area contributed by atoms with Crippen molar-refractivity contribution in [3.05, 3.63) is 66.0 Å². The quantitative estimate of drug-likeness (QED) is 0.582. The van der Waals surface area contributed by atoms with Gasteiger partial charge < -0.3 is 10.2 Å². The van der Waals surface area contributed by atoms with Gasteiger partial charge >= 0.3 is 10.2 Å². The SMILES string of the molecule is CC[C@@H](C(=O)NC)N(Cc1ccccc1)C(=O)CN(c1ccc(F)cc1)S(=O)(=O)N(C)C. The summed E-state index contributed by atoms with van der Waals surface area (Å²) in [7, 11) is 0.105. The van der Waals surface area contributed by atoms with Crippen LogP contribution in [0.5, 0.6) is 0 Å². The number of hydrogen-bond donors (Lipinski definition) is 1. The second-order valence-electron chi connectivity index (χ2n) is 7.32. The minimum absolute atomic E-state index is 0.130. The number of benzene rings is 2. The summed E-state index contributed by atoms with van der Waals surface area (Å²) in [6, 6.07) is 13.2. The van der Waals surface area contributed by atoms with Crippen molar-refractivity contribution in [1.82, 2.24) is 14.5 Å². The van der Waals surface area contributed by atoms with E-state index in [1.54, 1.807) is 6.92 Å². The van der Waals surface area contributed by atoms with Crippen LogP contribution < -0.4 is 9.62 Å². The van der Waals surface area contributed by atoms with E-state index < -0.39 is 34.5 Å². The number of amides is 2. The Morgan fingerprint density at radius 3 is 2.12 bits per heavy atom. The normalized spacial score (nSPS) is 12.3. The Labute approximate surface area is 188 Å². The molecule has 0 spiro atoms. The summed E-state index contributed by atoms with van der Waals surface area (Å²) in [6.07, 6.45) is 0.342. The number of anilines is 1. The van der Waals surface area contributed by atoms with Crippen LogP contribution in [0.4, 0.5) is 10.1 Å². The fourth-order valence-corrected chi connectivity index (χ4v) is 4.25. The van der Waals surface area contributed by atoms with Crippen molar-refractivity contribution in [2.45, 2.75) is 25.9 Å². The second-order valence-corrected chi connectivity index (χ2v) is 9.39. The molecule has 0 bridgehead atoms. The summed E-state index contributed by atoms with van der Waals surface area (Å²) >= 11 is 0. The number of likely N-dealkylation sites (N-methyl/N-ethyl adjacent to an activating group) is 1. The number of nitrogens with zero attached hydrogens (tertiary/aromatic N) is 3. The fraction of sp³-hybridized carbons (Fsp3) is 0.364. The van der Waals surface area contributed by atoms with Gasteiger partial charge in [0.1, 0.15) is 18.4 Å². The van der Waals surface area contributed by atoms with E-state index in [4.69, 9.17) is 0 Å². The lowest BCUT2D eigenvalue weighted by atomic mass is 10.1. The minimum atomic E-state index is -4.07. The first kappa shape index (κ1) is 25.3. The van der Waals surface area contributed by atoms with Gasteiger partial charge in [0.05, 0.1) is 5.69 Å². The molecular weight excluding hydrogens is 435 g/mol. The Balaban J connectivity index is 2.46. The van der Waals surface area contributed by atoms with Crippen molar-refractivity contribution in [3.63, 3.8) is 0 Å². The van der Waals surface area contributed by atoms with E-state index in [0.717, 1.165) is 26.3 Å². The van der Waals surface area contributed by atoms with E-state index in [2.05, 4.69) is 5.32 Å². The first-order valence-corrected chi connectivity index (χ1v) is 11.5. The van der Waals surface area contributed by atoms with Gasteiger partial charge in [0.2, 0.25) is 11.8 Å². The van der Waals surface area contributed by atoms with Crippen LogP contribution in [0.1, 0.15) is 18.9 Å². The molecular formula is C22H29FN4O4S. The molecule has 0 aliphatic carbocycles. The third-order valence-corrected chi connectivity index (χ3v) is 6.78. The molecule has 0 aromatic heterocycles. The van der Waals surface area contributed by atoms with Crippen molar-refractivity contribution in [2.75, 3.05) is 32.0 Å². The van der Waals surface area contributed by atoms with E-state index in [-0.39, 0.29) is 18.1 Å². The molecule has 10 heteroatoms. The summed E-state index contributed by atoms with van der Waals surface area (Å²) in [5, 5.41) is 2.56. The maximum Gasteiger partial charge on any atom is 0.304 e. The van der Waals surface area contributed by atoms with Gasteiger partial charge in [0, 0.05) is 27.7 Å². The number of rotatable bonds is 10. The van der Waals surface area contributed by atoms with Crippen LogP contribution >= 0.6 is 0 Å². The molecule has 0 radical (unpaired) electrons. The summed E-state index contributed by atoms with van der Waals surface area (Å²) in [4.78, 5) is 27.3. The molecule has 0 aliphatic heterocycles. The first-order chi connectivity index (χ1) is 15.1. The van der Waals surface area contributed by atoms with E-state index >= 15 is 0 Å². The van der Waals surface area contributed by atoms with Gasteiger partial charge in [-0.3, -0.25) is 9.59 Å². The molecule has 0 saturated heterocycles. The number of carbonyl (C=O) groups is 2. The van der Waals surface area contributed by atoms with Crippen molar-refractivity contribution in [3.8, 4) is 0 Å². The van der Waals surface area contributed by atoms with Crippen LogP contribution in [0.2, 0.25) is 0 Å². The Morgan fingerprint density at radius 1 is 1.03 bits per heavy atom. The highest BCUT2D eigenvalue weighted by molar-refractivity contribution is 7.90. The largest absolute Gasteiger partial charge is 0.357 e. The third-order valence-electron chi connectivity index (χ3n) is 4.96. The van der Waals surface area contributed by atoms with Gasteiger partial charge in [0.25, 0.3) is 0 Å². The molecule has 2 amide bonds. The van der Waals surface area contributed by atoms with Crippen LogP contribution in [0.3, 0.4) is 0 Å². The lowest BCUT2D eigenvalue weighted by Crippen LogP contribution is -2.52. The third kappa shape index (κ3) is 6.04. The number of carbonyl (C=O) groups excluding carboxylic acids is 2. The van der Waals surface area contributed by atoms with Crippen LogP contribution in [0, 0.1) is 5.82 Å². The van der Waals surface area contributed by atoms with E-state index in [0.29, 0.717) is 6.42 Å². The zero-order valence-corrected chi connectivity index (χ0v) is 19.5. The molecule has 174 valence electrons. The maximum atomic E-state index is 13.4. The lowest BCUT2D eigenvalue weighted by Gasteiger charge is -2.33. The highest BCUT2D eigenvalue weighted by Gasteiger charge is 2.33. The summed E-state index contributed by atoms with van der Waals surface area (Å²) in [5.74, 6) is -1.43. The monoisotopic (exact) mass is 464 g/mol. The van der Waals surface area contributed by atoms with Crippen molar-refractivity contribution >= 4 is 27.7 Å². The zero-order valence-electron chi connectivity index (χ0n) is 18.7. The Hall–Kier alpha value is -2.98. The van der Waals surface area contributed by atoms with Crippen LogP contribution in [-0.4, -0.2) is 63.2 Å². The maximum absolute atomic E-state index is 13.4. The van der Waals surface area contributed by atoms with Gasteiger partial charge in [-0.25, -0.2) is 8.70 Å². The predicted octanol–water partition coefficient (Wildman–Crippen LogP) is 1.99. The van der Waals surface area contributed by atoms with Crippen LogP contribution in [0.25, 0.3) is 0 Å². The molecule has 2 aromatic rings. The molecule has 0 fully saturated rings. The molecule has 0 heterocycles. The van der Waals surface area contributed by atoms with Gasteiger partial charge in [-0.1, -0.05) is 37.3 Å². The Kier molecular flexibility index (Phi) is 8.73. The van der Waals surface area contributed by atoms with E-state index in [1.807, 2.05) is 30.3 Å². The lowest BCUT2D eigenvalue weighted by molar-refractivity contribution is -0.140. The van der Waals surface area contributed by atoms with Gasteiger partial charge in [-0.2, -0.15) is 12.7 Å². The van der Waals surface area contributed by atoms with Crippen LogP contribution in [0.15, 0.2) is 54.6 Å². The molecule has 2 aromatic carbocycles. The number of hydrogen-bond acceptors (Lipinski definition) is 4. The second kappa shape index (κ2) is 11.1. The molecule has 1 atom stereocenters. The predicted molar refractivity (Wildman–Crippen MR) is 121 cm³/mol.